The van der Waals surface area contributed by atoms with Crippen LogP contribution in [0.4, 0.5) is 10.5 Å². The van der Waals surface area contributed by atoms with E-state index in [0.29, 0.717) is 11.4 Å². The van der Waals surface area contributed by atoms with Gasteiger partial charge in [0.2, 0.25) is 5.91 Å². The number of carbonyl (C=O) groups is 2. The highest BCUT2D eigenvalue weighted by atomic mass is 32.2. The third-order valence-corrected chi connectivity index (χ3v) is 6.91. The molecule has 0 bridgehead atoms. The average molecular weight is 547 g/mol. The van der Waals surface area contributed by atoms with Crippen LogP contribution in [0.25, 0.3) is 0 Å². The smallest absolute Gasteiger partial charge is 0.407 e. The van der Waals surface area contributed by atoms with Crippen molar-refractivity contribution in [1.29, 1.82) is 0 Å². The maximum absolute atomic E-state index is 13.4. The molecule has 1 heterocycles. The van der Waals surface area contributed by atoms with E-state index in [1.165, 1.54) is 30.6 Å². The fourth-order valence-corrected chi connectivity index (χ4v) is 5.02. The molecule has 3 aromatic rings. The number of ether oxygens (including phenoxy) is 1. The largest absolute Gasteiger partial charge is 0.453 e. The number of anilines is 1. The van der Waals surface area contributed by atoms with Gasteiger partial charge in [0, 0.05) is 11.8 Å². The third-order valence-electron chi connectivity index (χ3n) is 5.41. The first-order valence-corrected chi connectivity index (χ1v) is 14.0. The zero-order chi connectivity index (χ0) is 26.8. The number of methoxy groups -OCH3 is 1. The Morgan fingerprint density at radius 2 is 1.70 bits per heavy atom. The molecule has 37 heavy (non-hydrogen) atoms. The van der Waals surface area contributed by atoms with E-state index in [4.69, 9.17) is 14.3 Å². The predicted octanol–water partition coefficient (Wildman–Crippen LogP) is 3.68. The van der Waals surface area contributed by atoms with Crippen LogP contribution in [0.3, 0.4) is 0 Å². The summed E-state index contributed by atoms with van der Waals surface area (Å²) in [6.45, 7) is 2.06. The predicted molar refractivity (Wildman–Crippen MR) is 142 cm³/mol. The Morgan fingerprint density at radius 1 is 1.03 bits per heavy atom. The Labute approximate surface area is 220 Å². The zero-order valence-electron chi connectivity index (χ0n) is 20.5. The molecule has 0 spiro atoms. The first-order valence-electron chi connectivity index (χ1n) is 11.6. The van der Waals surface area contributed by atoms with Crippen LogP contribution in [0.1, 0.15) is 41.2 Å². The lowest BCUT2D eigenvalue weighted by Crippen LogP contribution is -2.49. The topological polar surface area (TPSA) is 147 Å². The Hall–Kier alpha value is -3.48. The number of thiazole rings is 1. The molecule has 2 atom stereocenters. The SMILES string of the molecule is CCCc1csc(C(Cc2ccc(NS(=O)(=O)O)cc2)NC(=O)[C@H](Cc2ccccc2)NC(=O)OC)n1. The van der Waals surface area contributed by atoms with Crippen LogP contribution < -0.4 is 15.4 Å². The summed E-state index contributed by atoms with van der Waals surface area (Å²) in [7, 11) is -3.15. The standard InChI is InChI=1S/C25H30N4O6S2/c1-3-7-20-16-36-24(26-20)22(15-18-10-12-19(13-11-18)29-37(32,33)34)27-23(30)21(28-25(31)35-2)14-17-8-5-4-6-9-17/h4-6,8-13,16,21-22,29H,3,7,14-15H2,1-2H3,(H,27,30)(H,28,31)(H,32,33,34)/t21-,22?/m0/s1. The maximum atomic E-state index is 13.4. The zero-order valence-corrected chi connectivity index (χ0v) is 22.1. The highest BCUT2D eigenvalue weighted by Crippen LogP contribution is 2.24. The van der Waals surface area contributed by atoms with E-state index in [1.54, 1.807) is 12.1 Å². The molecule has 4 N–H and O–H groups in total. The Bertz CT molecular complexity index is 1280. The summed E-state index contributed by atoms with van der Waals surface area (Å²) in [5.74, 6) is -0.392. The number of nitrogens with zero attached hydrogens (tertiary/aromatic N) is 1. The maximum Gasteiger partial charge on any atom is 0.407 e. The number of rotatable bonds is 12. The number of hydrogen-bond acceptors (Lipinski definition) is 7. The molecule has 0 radical (unpaired) electrons. The van der Waals surface area contributed by atoms with Crippen molar-refractivity contribution in [3.05, 3.63) is 81.8 Å². The second-order valence-electron chi connectivity index (χ2n) is 8.34. The molecule has 10 nitrogen and oxygen atoms in total. The van der Waals surface area contributed by atoms with E-state index in [9.17, 15) is 18.0 Å². The van der Waals surface area contributed by atoms with Crippen molar-refractivity contribution in [2.45, 2.75) is 44.7 Å². The van der Waals surface area contributed by atoms with E-state index in [1.807, 2.05) is 40.4 Å². The van der Waals surface area contributed by atoms with Gasteiger partial charge in [-0.1, -0.05) is 55.8 Å². The first kappa shape index (κ1) is 28.1. The molecular weight excluding hydrogens is 516 g/mol. The lowest BCUT2D eigenvalue weighted by molar-refractivity contribution is -0.123. The number of nitrogens with one attached hydrogen (secondary N) is 3. The summed E-state index contributed by atoms with van der Waals surface area (Å²) < 4.78 is 37.8. The number of carbonyl (C=O) groups excluding carboxylic acids is 2. The lowest BCUT2D eigenvalue weighted by Gasteiger charge is -2.22. The minimum absolute atomic E-state index is 0.205. The molecule has 1 aromatic heterocycles. The summed E-state index contributed by atoms with van der Waals surface area (Å²) in [6.07, 6.45) is 1.67. The minimum atomic E-state index is -4.38. The van der Waals surface area contributed by atoms with Crippen molar-refractivity contribution in [1.82, 2.24) is 15.6 Å². The second-order valence-corrected chi connectivity index (χ2v) is 10.4. The van der Waals surface area contributed by atoms with Crippen molar-refractivity contribution in [2.75, 3.05) is 11.8 Å². The molecule has 198 valence electrons. The third kappa shape index (κ3) is 9.16. The van der Waals surface area contributed by atoms with Gasteiger partial charge in [0.15, 0.2) is 0 Å². The number of alkyl carbamates (subject to hydrolysis) is 1. The van der Waals surface area contributed by atoms with Crippen LogP contribution >= 0.6 is 11.3 Å². The van der Waals surface area contributed by atoms with Gasteiger partial charge in [-0.25, -0.2) is 9.78 Å². The van der Waals surface area contributed by atoms with Crippen LogP contribution in [0.2, 0.25) is 0 Å². The van der Waals surface area contributed by atoms with Gasteiger partial charge in [-0.05, 0) is 36.1 Å². The minimum Gasteiger partial charge on any atom is -0.453 e. The number of benzene rings is 2. The summed E-state index contributed by atoms with van der Waals surface area (Å²) in [4.78, 5) is 30.1. The number of amides is 2. The number of aryl methyl sites for hydroxylation is 1. The Kier molecular flexibility index (Phi) is 10.0. The summed E-state index contributed by atoms with van der Waals surface area (Å²) >= 11 is 1.44. The highest BCUT2D eigenvalue weighted by molar-refractivity contribution is 7.87. The van der Waals surface area contributed by atoms with Crippen LogP contribution in [0.15, 0.2) is 60.0 Å². The van der Waals surface area contributed by atoms with E-state index < -0.39 is 34.4 Å². The lowest BCUT2D eigenvalue weighted by atomic mass is 10.0. The first-order chi connectivity index (χ1) is 17.7. The van der Waals surface area contributed by atoms with E-state index in [2.05, 4.69) is 17.6 Å². The van der Waals surface area contributed by atoms with E-state index in [-0.39, 0.29) is 12.1 Å². The van der Waals surface area contributed by atoms with E-state index >= 15 is 0 Å². The van der Waals surface area contributed by atoms with Crippen molar-refractivity contribution in [2.24, 2.45) is 0 Å². The van der Waals surface area contributed by atoms with Gasteiger partial charge in [-0.2, -0.15) is 8.42 Å². The molecule has 0 fully saturated rings. The second kappa shape index (κ2) is 13.2. The van der Waals surface area contributed by atoms with Crippen molar-refractivity contribution in [3.63, 3.8) is 0 Å². The molecule has 0 saturated carbocycles. The van der Waals surface area contributed by atoms with Gasteiger partial charge >= 0.3 is 16.4 Å². The van der Waals surface area contributed by atoms with Crippen LogP contribution in [0, 0.1) is 0 Å². The molecule has 0 saturated heterocycles. The fourth-order valence-electron chi connectivity index (χ4n) is 3.68. The van der Waals surface area contributed by atoms with Gasteiger partial charge < -0.3 is 15.4 Å². The van der Waals surface area contributed by atoms with Gasteiger partial charge in [0.1, 0.15) is 11.0 Å². The quantitative estimate of drug-likeness (QED) is 0.253. The average Bonchev–Trinajstić information content (AvgIpc) is 3.33. The van der Waals surface area contributed by atoms with Gasteiger partial charge in [0.05, 0.1) is 24.5 Å². The molecule has 12 heteroatoms. The van der Waals surface area contributed by atoms with Gasteiger partial charge in [-0.3, -0.25) is 14.1 Å². The van der Waals surface area contributed by atoms with Crippen molar-refractivity contribution in [3.8, 4) is 0 Å². The van der Waals surface area contributed by atoms with Crippen LogP contribution in [0.5, 0.6) is 0 Å². The van der Waals surface area contributed by atoms with Crippen LogP contribution in [-0.4, -0.2) is 43.1 Å². The normalized spacial score (nSPS) is 12.8. The van der Waals surface area contributed by atoms with Crippen molar-refractivity contribution >= 4 is 39.3 Å². The van der Waals surface area contributed by atoms with Gasteiger partial charge in [0.25, 0.3) is 0 Å². The summed E-state index contributed by atoms with van der Waals surface area (Å²) in [5.41, 5.74) is 2.82. The summed E-state index contributed by atoms with van der Waals surface area (Å²) in [5, 5.41) is 8.32. The molecule has 0 aliphatic carbocycles. The molecule has 2 aromatic carbocycles. The number of aromatic nitrogens is 1. The fraction of sp³-hybridized carbons (Fsp3) is 0.320. The molecule has 2 amide bonds. The molecule has 3 rings (SSSR count). The summed E-state index contributed by atoms with van der Waals surface area (Å²) in [6, 6.07) is 14.4. The molecule has 0 aliphatic heterocycles. The molecule has 0 aliphatic rings. The highest BCUT2D eigenvalue weighted by Gasteiger charge is 2.26. The van der Waals surface area contributed by atoms with Gasteiger partial charge in [-0.15, -0.1) is 11.3 Å². The monoisotopic (exact) mass is 546 g/mol. The van der Waals surface area contributed by atoms with Crippen molar-refractivity contribution < 1.29 is 27.3 Å². The van der Waals surface area contributed by atoms with E-state index in [0.717, 1.165) is 29.7 Å². The molecular formula is C25H30N4O6S2. The molecule has 1 unspecified atom stereocenters. The Balaban J connectivity index is 1.83. The number of hydrogen-bond donors (Lipinski definition) is 4. The van der Waals surface area contributed by atoms with Crippen LogP contribution in [-0.2, 0) is 39.1 Å². The Morgan fingerprint density at radius 3 is 2.32 bits per heavy atom.